The fourth-order valence-corrected chi connectivity index (χ4v) is 2.53. The van der Waals surface area contributed by atoms with E-state index >= 15 is 0 Å². The molecule has 1 aromatic carbocycles. The number of ether oxygens (including phenoxy) is 1. The minimum Gasteiger partial charge on any atom is -0.494 e. The Morgan fingerprint density at radius 1 is 1.47 bits per heavy atom. The molecule has 1 aliphatic carbocycles. The van der Waals surface area contributed by atoms with Crippen LogP contribution in [-0.2, 0) is 0 Å². The zero-order valence-corrected chi connectivity index (χ0v) is 11.0. The van der Waals surface area contributed by atoms with Crippen molar-refractivity contribution in [1.29, 1.82) is 0 Å². The highest BCUT2D eigenvalue weighted by molar-refractivity contribution is 5.65. The maximum Gasteiger partial charge on any atom is 0.295 e. The number of hydrogen-bond acceptors (Lipinski definition) is 4. The van der Waals surface area contributed by atoms with Gasteiger partial charge in [-0.25, -0.2) is 4.39 Å². The summed E-state index contributed by atoms with van der Waals surface area (Å²) in [7, 11) is 1.34. The number of rotatable bonds is 4. The standard InChI is InChI=1S/C13H17FN2O3/c1-8-4-3-5-10(8)15-11-7-13(19-2)9(14)6-12(11)16(17)18/h6-8,10,15H,3-5H2,1-2H3. The van der Waals surface area contributed by atoms with E-state index < -0.39 is 10.7 Å². The Morgan fingerprint density at radius 2 is 2.21 bits per heavy atom. The molecular formula is C13H17FN2O3. The molecule has 1 N–H and O–H groups in total. The minimum atomic E-state index is -0.723. The summed E-state index contributed by atoms with van der Waals surface area (Å²) in [6, 6.07) is 2.45. The Bertz CT molecular complexity index is 493. The van der Waals surface area contributed by atoms with E-state index in [-0.39, 0.29) is 17.5 Å². The molecule has 6 heteroatoms. The van der Waals surface area contributed by atoms with Crippen molar-refractivity contribution in [3.8, 4) is 5.75 Å². The molecule has 104 valence electrons. The Morgan fingerprint density at radius 3 is 2.74 bits per heavy atom. The first kappa shape index (κ1) is 13.6. The van der Waals surface area contributed by atoms with Crippen molar-refractivity contribution in [2.75, 3.05) is 12.4 Å². The van der Waals surface area contributed by atoms with E-state index in [1.165, 1.54) is 13.2 Å². The topological polar surface area (TPSA) is 64.4 Å². The summed E-state index contributed by atoms with van der Waals surface area (Å²) < 4.78 is 18.4. The van der Waals surface area contributed by atoms with Crippen LogP contribution in [0.15, 0.2) is 12.1 Å². The number of nitrogens with one attached hydrogen (secondary N) is 1. The van der Waals surface area contributed by atoms with Crippen molar-refractivity contribution >= 4 is 11.4 Å². The van der Waals surface area contributed by atoms with Gasteiger partial charge in [0, 0.05) is 12.1 Å². The minimum absolute atomic E-state index is 0.0127. The van der Waals surface area contributed by atoms with Crippen LogP contribution in [0, 0.1) is 21.8 Å². The molecule has 0 amide bonds. The molecule has 2 unspecified atom stereocenters. The van der Waals surface area contributed by atoms with Crippen molar-refractivity contribution in [2.24, 2.45) is 5.92 Å². The third-order valence-corrected chi connectivity index (χ3v) is 3.67. The average molecular weight is 268 g/mol. The molecule has 0 heterocycles. The van der Waals surface area contributed by atoms with Crippen LogP contribution >= 0.6 is 0 Å². The lowest BCUT2D eigenvalue weighted by Gasteiger charge is -2.19. The van der Waals surface area contributed by atoms with Crippen LogP contribution in [-0.4, -0.2) is 18.1 Å². The highest BCUT2D eigenvalue weighted by atomic mass is 19.1. The van der Waals surface area contributed by atoms with Gasteiger partial charge in [-0.2, -0.15) is 0 Å². The molecule has 0 radical (unpaired) electrons. The molecule has 2 atom stereocenters. The predicted molar refractivity (Wildman–Crippen MR) is 70.0 cm³/mol. The van der Waals surface area contributed by atoms with Gasteiger partial charge in [-0.05, 0) is 18.8 Å². The average Bonchev–Trinajstić information content (AvgIpc) is 2.76. The van der Waals surface area contributed by atoms with Crippen molar-refractivity contribution < 1.29 is 14.1 Å². The van der Waals surface area contributed by atoms with E-state index in [0.29, 0.717) is 11.6 Å². The van der Waals surface area contributed by atoms with E-state index in [4.69, 9.17) is 4.74 Å². The second-order valence-electron chi connectivity index (χ2n) is 4.92. The number of hydrogen-bond donors (Lipinski definition) is 1. The van der Waals surface area contributed by atoms with Crippen molar-refractivity contribution in [3.05, 3.63) is 28.1 Å². The van der Waals surface area contributed by atoms with E-state index in [0.717, 1.165) is 25.3 Å². The van der Waals surface area contributed by atoms with Crippen LogP contribution in [0.3, 0.4) is 0 Å². The lowest BCUT2D eigenvalue weighted by molar-refractivity contribution is -0.384. The Labute approximate surface area is 110 Å². The summed E-state index contributed by atoms with van der Waals surface area (Å²) in [4.78, 5) is 10.4. The first-order chi connectivity index (χ1) is 9.02. The lowest BCUT2D eigenvalue weighted by Crippen LogP contribution is -2.22. The van der Waals surface area contributed by atoms with Gasteiger partial charge in [-0.3, -0.25) is 10.1 Å². The molecule has 5 nitrogen and oxygen atoms in total. The zero-order chi connectivity index (χ0) is 14.0. The van der Waals surface area contributed by atoms with Gasteiger partial charge >= 0.3 is 0 Å². The molecule has 1 fully saturated rings. The number of methoxy groups -OCH3 is 1. The van der Waals surface area contributed by atoms with Gasteiger partial charge in [0.15, 0.2) is 11.6 Å². The van der Waals surface area contributed by atoms with Crippen LogP contribution in [0.2, 0.25) is 0 Å². The first-order valence-electron chi connectivity index (χ1n) is 6.31. The molecule has 2 rings (SSSR count). The number of nitrogens with zero attached hydrogens (tertiary/aromatic N) is 1. The molecule has 0 aromatic heterocycles. The van der Waals surface area contributed by atoms with Crippen LogP contribution in [0.1, 0.15) is 26.2 Å². The highest BCUT2D eigenvalue weighted by Gasteiger charge is 2.27. The number of halogens is 1. The summed E-state index contributed by atoms with van der Waals surface area (Å²) >= 11 is 0. The molecule has 0 bridgehead atoms. The quantitative estimate of drug-likeness (QED) is 0.672. The van der Waals surface area contributed by atoms with Gasteiger partial charge in [0.2, 0.25) is 0 Å². The van der Waals surface area contributed by atoms with E-state index in [2.05, 4.69) is 12.2 Å². The molecule has 0 spiro atoms. The predicted octanol–water partition coefficient (Wildman–Crippen LogP) is 3.34. The molecular weight excluding hydrogens is 251 g/mol. The molecule has 0 aliphatic heterocycles. The van der Waals surface area contributed by atoms with Crippen LogP contribution in [0.25, 0.3) is 0 Å². The van der Waals surface area contributed by atoms with E-state index in [9.17, 15) is 14.5 Å². The normalized spacial score (nSPS) is 22.3. The summed E-state index contributed by atoms with van der Waals surface area (Å²) in [5.41, 5.74) is 0.0689. The monoisotopic (exact) mass is 268 g/mol. The smallest absolute Gasteiger partial charge is 0.295 e. The lowest BCUT2D eigenvalue weighted by atomic mass is 10.1. The summed E-state index contributed by atoms with van der Waals surface area (Å²) in [6.45, 7) is 2.11. The summed E-state index contributed by atoms with van der Waals surface area (Å²) in [5.74, 6) is -0.256. The third kappa shape index (κ3) is 2.77. The SMILES string of the molecule is COc1cc(NC2CCCC2C)c([N+](=O)[O-])cc1F. The van der Waals surface area contributed by atoms with Gasteiger partial charge < -0.3 is 10.1 Å². The van der Waals surface area contributed by atoms with E-state index in [1.54, 1.807) is 0 Å². The summed E-state index contributed by atoms with van der Waals surface area (Å²) in [6.07, 6.45) is 3.17. The fraction of sp³-hybridized carbons (Fsp3) is 0.538. The Kier molecular flexibility index (Phi) is 3.87. The number of anilines is 1. The fourth-order valence-electron chi connectivity index (χ4n) is 2.53. The first-order valence-corrected chi connectivity index (χ1v) is 6.31. The molecule has 1 aromatic rings. The maximum absolute atomic E-state index is 13.5. The van der Waals surface area contributed by atoms with Gasteiger partial charge in [0.05, 0.1) is 18.1 Å². The second-order valence-corrected chi connectivity index (χ2v) is 4.92. The highest BCUT2D eigenvalue weighted by Crippen LogP contribution is 2.35. The largest absolute Gasteiger partial charge is 0.494 e. The van der Waals surface area contributed by atoms with E-state index in [1.807, 2.05) is 0 Å². The van der Waals surface area contributed by atoms with Gasteiger partial charge in [0.25, 0.3) is 5.69 Å². The van der Waals surface area contributed by atoms with Crippen LogP contribution in [0.4, 0.5) is 15.8 Å². The van der Waals surface area contributed by atoms with Crippen molar-refractivity contribution in [2.45, 2.75) is 32.2 Å². The van der Waals surface area contributed by atoms with Gasteiger partial charge in [0.1, 0.15) is 5.69 Å². The maximum atomic E-state index is 13.5. The Hall–Kier alpha value is -1.85. The second kappa shape index (κ2) is 5.42. The molecule has 19 heavy (non-hydrogen) atoms. The van der Waals surface area contributed by atoms with Crippen molar-refractivity contribution in [3.63, 3.8) is 0 Å². The third-order valence-electron chi connectivity index (χ3n) is 3.67. The molecule has 0 saturated heterocycles. The van der Waals surface area contributed by atoms with Gasteiger partial charge in [-0.15, -0.1) is 0 Å². The zero-order valence-electron chi connectivity index (χ0n) is 11.0. The summed E-state index contributed by atoms with van der Waals surface area (Å²) in [5, 5.41) is 14.1. The van der Waals surface area contributed by atoms with Gasteiger partial charge in [-0.1, -0.05) is 13.3 Å². The Balaban J connectivity index is 2.33. The number of nitro groups is 1. The molecule has 1 aliphatic rings. The molecule has 1 saturated carbocycles. The number of nitro benzene ring substituents is 1. The van der Waals surface area contributed by atoms with Crippen molar-refractivity contribution in [1.82, 2.24) is 0 Å². The van der Waals surface area contributed by atoms with Crippen LogP contribution in [0.5, 0.6) is 5.75 Å². The number of benzene rings is 1. The van der Waals surface area contributed by atoms with Crippen LogP contribution < -0.4 is 10.1 Å².